The van der Waals surface area contributed by atoms with E-state index >= 15 is 0 Å². The quantitative estimate of drug-likeness (QED) is 0.662. The van der Waals surface area contributed by atoms with E-state index in [1.807, 2.05) is 20.8 Å². The number of hydrogen-bond acceptors (Lipinski definition) is 2. The molecule has 0 radical (unpaired) electrons. The zero-order chi connectivity index (χ0) is 8.85. The molecule has 0 bridgehead atoms. The predicted molar refractivity (Wildman–Crippen MR) is 45.4 cm³/mol. The number of ketones is 1. The Morgan fingerprint density at radius 1 is 1.45 bits per heavy atom. The number of carbonyl (C=O) groups excluding carboxylic acids is 1. The Labute approximate surface area is 68.6 Å². The van der Waals surface area contributed by atoms with Crippen LogP contribution in [0.2, 0.25) is 0 Å². The van der Waals surface area contributed by atoms with Gasteiger partial charge in [0.2, 0.25) is 0 Å². The van der Waals surface area contributed by atoms with Crippen molar-refractivity contribution in [2.24, 2.45) is 5.92 Å². The Morgan fingerprint density at radius 2 is 2.00 bits per heavy atom. The zero-order valence-corrected chi connectivity index (χ0v) is 7.63. The van der Waals surface area contributed by atoms with Crippen molar-refractivity contribution >= 4 is 5.78 Å². The summed E-state index contributed by atoms with van der Waals surface area (Å²) in [6.45, 7) is 5.74. The fourth-order valence-electron chi connectivity index (χ4n) is 1.10. The molecule has 0 aliphatic carbocycles. The highest BCUT2D eigenvalue weighted by atomic mass is 16.3. The maximum Gasteiger partial charge on any atom is 0.164 e. The SMILES string of the molecule is CCCC(C)C(=O)C(O)CC. The molecule has 2 atom stereocenters. The van der Waals surface area contributed by atoms with Crippen molar-refractivity contribution in [2.75, 3.05) is 0 Å². The van der Waals surface area contributed by atoms with Gasteiger partial charge in [-0.15, -0.1) is 0 Å². The molecule has 0 saturated carbocycles. The third kappa shape index (κ3) is 3.51. The van der Waals surface area contributed by atoms with E-state index in [-0.39, 0.29) is 11.7 Å². The van der Waals surface area contributed by atoms with Crippen LogP contribution in [-0.4, -0.2) is 17.0 Å². The molecule has 0 aliphatic rings. The average molecular weight is 158 g/mol. The molecule has 0 aromatic rings. The number of carbonyl (C=O) groups is 1. The topological polar surface area (TPSA) is 37.3 Å². The second-order valence-electron chi connectivity index (χ2n) is 3.02. The van der Waals surface area contributed by atoms with Crippen molar-refractivity contribution in [3.8, 4) is 0 Å². The van der Waals surface area contributed by atoms with Crippen LogP contribution < -0.4 is 0 Å². The number of aliphatic hydroxyl groups excluding tert-OH is 1. The van der Waals surface area contributed by atoms with Crippen LogP contribution in [0, 0.1) is 5.92 Å². The van der Waals surface area contributed by atoms with E-state index in [1.165, 1.54) is 0 Å². The van der Waals surface area contributed by atoms with Gasteiger partial charge in [-0.2, -0.15) is 0 Å². The molecule has 0 aromatic heterocycles. The van der Waals surface area contributed by atoms with Gasteiger partial charge in [-0.25, -0.2) is 0 Å². The molecule has 2 nitrogen and oxygen atoms in total. The summed E-state index contributed by atoms with van der Waals surface area (Å²) in [6.07, 6.45) is 1.68. The van der Waals surface area contributed by atoms with Gasteiger partial charge in [0.25, 0.3) is 0 Å². The Kier molecular flexibility index (Phi) is 5.12. The minimum absolute atomic E-state index is 0.00523. The highest BCUT2D eigenvalue weighted by molar-refractivity contribution is 5.84. The maximum absolute atomic E-state index is 11.2. The van der Waals surface area contributed by atoms with E-state index in [2.05, 4.69) is 0 Å². The van der Waals surface area contributed by atoms with Crippen LogP contribution in [0.3, 0.4) is 0 Å². The molecule has 0 amide bonds. The molecular weight excluding hydrogens is 140 g/mol. The summed E-state index contributed by atoms with van der Waals surface area (Å²) in [5.41, 5.74) is 0. The van der Waals surface area contributed by atoms with Crippen LogP contribution in [0.25, 0.3) is 0 Å². The Hall–Kier alpha value is -0.370. The lowest BCUT2D eigenvalue weighted by molar-refractivity contribution is -0.131. The van der Waals surface area contributed by atoms with Gasteiger partial charge in [0.05, 0.1) is 0 Å². The number of rotatable bonds is 5. The Bertz CT molecular complexity index is 121. The van der Waals surface area contributed by atoms with Crippen molar-refractivity contribution < 1.29 is 9.90 Å². The summed E-state index contributed by atoms with van der Waals surface area (Å²) in [6, 6.07) is 0. The van der Waals surface area contributed by atoms with Gasteiger partial charge >= 0.3 is 0 Å². The number of aliphatic hydroxyl groups is 1. The molecular formula is C9H18O2. The maximum atomic E-state index is 11.2. The van der Waals surface area contributed by atoms with Gasteiger partial charge in [-0.05, 0) is 12.8 Å². The monoisotopic (exact) mass is 158 g/mol. The smallest absolute Gasteiger partial charge is 0.164 e. The Balaban J connectivity index is 3.81. The fourth-order valence-corrected chi connectivity index (χ4v) is 1.10. The van der Waals surface area contributed by atoms with Gasteiger partial charge in [0.15, 0.2) is 5.78 Å². The third-order valence-corrected chi connectivity index (χ3v) is 1.92. The summed E-state index contributed by atoms with van der Waals surface area (Å²) in [4.78, 5) is 11.2. The number of Topliss-reactive ketones (excluding diaryl/α,β-unsaturated/α-hetero) is 1. The Morgan fingerprint density at radius 3 is 2.36 bits per heavy atom. The van der Waals surface area contributed by atoms with Gasteiger partial charge in [-0.3, -0.25) is 4.79 Å². The standard InChI is InChI=1S/C9H18O2/c1-4-6-7(3)9(11)8(10)5-2/h7-8,10H,4-6H2,1-3H3. The highest BCUT2D eigenvalue weighted by Crippen LogP contribution is 2.10. The molecule has 2 heteroatoms. The van der Waals surface area contributed by atoms with Gasteiger partial charge in [0.1, 0.15) is 6.10 Å². The minimum atomic E-state index is -0.739. The molecule has 0 rings (SSSR count). The highest BCUT2D eigenvalue weighted by Gasteiger charge is 2.18. The van der Waals surface area contributed by atoms with Crippen molar-refractivity contribution in [2.45, 2.75) is 46.1 Å². The molecule has 0 heterocycles. The first-order valence-electron chi connectivity index (χ1n) is 4.35. The summed E-state index contributed by atoms with van der Waals surface area (Å²) in [5, 5.41) is 9.17. The molecule has 0 saturated heterocycles. The van der Waals surface area contributed by atoms with Crippen LogP contribution >= 0.6 is 0 Å². The van der Waals surface area contributed by atoms with Gasteiger partial charge in [0, 0.05) is 5.92 Å². The summed E-state index contributed by atoms with van der Waals surface area (Å²) in [5.74, 6) is 0.0179. The van der Waals surface area contributed by atoms with Crippen LogP contribution in [0.5, 0.6) is 0 Å². The lowest BCUT2D eigenvalue weighted by Gasteiger charge is -2.12. The van der Waals surface area contributed by atoms with Crippen molar-refractivity contribution in [3.63, 3.8) is 0 Å². The summed E-state index contributed by atoms with van der Waals surface area (Å²) in [7, 11) is 0. The van der Waals surface area contributed by atoms with E-state index in [4.69, 9.17) is 0 Å². The third-order valence-electron chi connectivity index (χ3n) is 1.92. The molecule has 0 spiro atoms. The molecule has 0 aliphatic heterocycles. The molecule has 0 fully saturated rings. The average Bonchev–Trinajstić information content (AvgIpc) is 2.02. The molecule has 1 N–H and O–H groups in total. The normalized spacial score (nSPS) is 16.0. The van der Waals surface area contributed by atoms with E-state index in [0.29, 0.717) is 6.42 Å². The summed E-state index contributed by atoms with van der Waals surface area (Å²) < 4.78 is 0. The van der Waals surface area contributed by atoms with Gasteiger partial charge < -0.3 is 5.11 Å². The first-order valence-corrected chi connectivity index (χ1v) is 4.35. The molecule has 66 valence electrons. The lowest BCUT2D eigenvalue weighted by atomic mass is 9.96. The second-order valence-corrected chi connectivity index (χ2v) is 3.02. The van der Waals surface area contributed by atoms with Crippen LogP contribution in [0.4, 0.5) is 0 Å². The van der Waals surface area contributed by atoms with Crippen LogP contribution in [0.1, 0.15) is 40.0 Å². The van der Waals surface area contributed by atoms with Crippen molar-refractivity contribution in [1.29, 1.82) is 0 Å². The van der Waals surface area contributed by atoms with Gasteiger partial charge in [-0.1, -0.05) is 27.2 Å². The predicted octanol–water partition coefficient (Wildman–Crippen LogP) is 1.76. The fraction of sp³-hybridized carbons (Fsp3) is 0.889. The first-order chi connectivity index (χ1) is 5.13. The molecule has 2 unspecified atom stereocenters. The lowest BCUT2D eigenvalue weighted by Crippen LogP contribution is -2.25. The number of hydrogen-bond donors (Lipinski definition) is 1. The zero-order valence-electron chi connectivity index (χ0n) is 7.63. The van der Waals surface area contributed by atoms with Crippen molar-refractivity contribution in [1.82, 2.24) is 0 Å². The summed E-state index contributed by atoms with van der Waals surface area (Å²) >= 11 is 0. The minimum Gasteiger partial charge on any atom is -0.385 e. The largest absolute Gasteiger partial charge is 0.385 e. The van der Waals surface area contributed by atoms with Crippen LogP contribution in [0.15, 0.2) is 0 Å². The molecule has 0 aromatic carbocycles. The van der Waals surface area contributed by atoms with E-state index < -0.39 is 6.10 Å². The van der Waals surface area contributed by atoms with E-state index in [1.54, 1.807) is 0 Å². The van der Waals surface area contributed by atoms with E-state index in [0.717, 1.165) is 12.8 Å². The van der Waals surface area contributed by atoms with Crippen LogP contribution in [-0.2, 0) is 4.79 Å². The second kappa shape index (κ2) is 5.30. The first kappa shape index (κ1) is 10.6. The van der Waals surface area contributed by atoms with Crippen molar-refractivity contribution in [3.05, 3.63) is 0 Å². The molecule has 11 heavy (non-hydrogen) atoms. The van der Waals surface area contributed by atoms with E-state index in [9.17, 15) is 9.90 Å².